The lowest BCUT2D eigenvalue weighted by atomic mass is 9.67. The Morgan fingerprint density at radius 3 is 2.57 bits per heavy atom. The molecule has 3 rings (SSSR count). The third kappa shape index (κ3) is 3.28. The van der Waals surface area contributed by atoms with Gasteiger partial charge in [0.15, 0.2) is 0 Å². The zero-order chi connectivity index (χ0) is 14.8. The largest absolute Gasteiger partial charge is 0.313 e. The third-order valence-electron chi connectivity index (χ3n) is 5.43. The monoisotopic (exact) mass is 309 g/mol. The summed E-state index contributed by atoms with van der Waals surface area (Å²) in [5.74, 6) is 5.76. The predicted molar refractivity (Wildman–Crippen MR) is 86.5 cm³/mol. The number of rotatable bonds is 4. The average molecular weight is 310 g/mol. The van der Waals surface area contributed by atoms with Crippen molar-refractivity contribution in [3.8, 4) is 0 Å². The number of halogens is 1. The van der Waals surface area contributed by atoms with Crippen LogP contribution < -0.4 is 0 Å². The van der Waals surface area contributed by atoms with Gasteiger partial charge in [0, 0.05) is 12.5 Å². The maximum atomic E-state index is 6.06. The van der Waals surface area contributed by atoms with E-state index >= 15 is 0 Å². The van der Waals surface area contributed by atoms with Gasteiger partial charge in [0.25, 0.3) is 0 Å². The van der Waals surface area contributed by atoms with Crippen LogP contribution in [0.25, 0.3) is 0 Å². The highest BCUT2D eigenvalue weighted by Gasteiger charge is 2.35. The molecule has 0 aliphatic heterocycles. The van der Waals surface area contributed by atoms with Gasteiger partial charge in [0.1, 0.15) is 11.6 Å². The summed E-state index contributed by atoms with van der Waals surface area (Å²) >= 11 is 6.06. The topological polar surface area (TPSA) is 30.7 Å². The molecule has 2 fully saturated rings. The normalized spacial score (nSPS) is 29.6. The van der Waals surface area contributed by atoms with Crippen LogP contribution in [0.4, 0.5) is 0 Å². The molecule has 0 radical (unpaired) electrons. The van der Waals surface area contributed by atoms with Crippen LogP contribution in [0.3, 0.4) is 0 Å². The van der Waals surface area contributed by atoms with Crippen LogP contribution in [0, 0.1) is 17.8 Å². The molecule has 0 aromatic carbocycles. The fourth-order valence-electron chi connectivity index (χ4n) is 4.42. The zero-order valence-corrected chi connectivity index (χ0v) is 14.1. The standard InChI is InChI=1S/C17H28ClN3/c1-12(2)11-21-16(10-18)19-20-17(21)15-8-7-13-5-3-4-6-14(13)9-15/h12-15H,3-11H2,1-2H3. The molecule has 2 aliphatic carbocycles. The number of hydrogen-bond donors (Lipinski definition) is 0. The molecular formula is C17H28ClN3. The van der Waals surface area contributed by atoms with Crippen molar-refractivity contribution < 1.29 is 0 Å². The Kier molecular flexibility index (Phi) is 4.88. The second-order valence-electron chi connectivity index (χ2n) is 7.43. The molecule has 3 unspecified atom stereocenters. The van der Waals surface area contributed by atoms with Crippen molar-refractivity contribution in [2.24, 2.45) is 17.8 Å². The number of fused-ring (bicyclic) bond motifs is 1. The summed E-state index contributed by atoms with van der Waals surface area (Å²) in [6.45, 7) is 5.49. The number of alkyl halides is 1. The van der Waals surface area contributed by atoms with Gasteiger partial charge < -0.3 is 4.57 Å². The summed E-state index contributed by atoms with van der Waals surface area (Å²) in [7, 11) is 0. The SMILES string of the molecule is CC(C)Cn1c(CCl)nnc1C1CCC2CCCCC2C1. The van der Waals surface area contributed by atoms with Crippen LogP contribution in [0.15, 0.2) is 0 Å². The fraction of sp³-hybridized carbons (Fsp3) is 0.882. The number of aromatic nitrogens is 3. The maximum Gasteiger partial charge on any atom is 0.147 e. The van der Waals surface area contributed by atoms with Crippen molar-refractivity contribution in [3.63, 3.8) is 0 Å². The molecule has 1 aromatic rings. The van der Waals surface area contributed by atoms with Crippen molar-refractivity contribution in [3.05, 3.63) is 11.6 Å². The summed E-state index contributed by atoms with van der Waals surface area (Å²) in [6, 6.07) is 0. The Morgan fingerprint density at radius 1 is 1.10 bits per heavy atom. The van der Waals surface area contributed by atoms with E-state index in [2.05, 4.69) is 28.6 Å². The molecule has 1 heterocycles. The fourth-order valence-corrected chi connectivity index (χ4v) is 4.62. The predicted octanol–water partition coefficient (Wildman–Crippen LogP) is 4.75. The number of nitrogens with zero attached hydrogens (tertiary/aromatic N) is 3. The van der Waals surface area contributed by atoms with Gasteiger partial charge >= 0.3 is 0 Å². The van der Waals surface area contributed by atoms with Crippen molar-refractivity contribution >= 4 is 11.6 Å². The minimum Gasteiger partial charge on any atom is -0.313 e. The molecule has 0 bridgehead atoms. The molecule has 2 aliphatic rings. The van der Waals surface area contributed by atoms with E-state index in [1.54, 1.807) is 0 Å². The first kappa shape index (κ1) is 15.3. The van der Waals surface area contributed by atoms with E-state index in [1.807, 2.05) is 0 Å². The first-order valence-corrected chi connectivity index (χ1v) is 9.20. The molecule has 4 heteroatoms. The van der Waals surface area contributed by atoms with E-state index < -0.39 is 0 Å². The second-order valence-corrected chi connectivity index (χ2v) is 7.69. The van der Waals surface area contributed by atoms with Gasteiger partial charge in [-0.2, -0.15) is 0 Å². The average Bonchev–Trinajstić information content (AvgIpc) is 2.88. The van der Waals surface area contributed by atoms with Gasteiger partial charge in [-0.25, -0.2) is 0 Å². The molecule has 0 saturated heterocycles. The Hall–Kier alpha value is -0.570. The Bertz CT molecular complexity index is 469. The van der Waals surface area contributed by atoms with E-state index in [-0.39, 0.29) is 0 Å². The number of hydrogen-bond acceptors (Lipinski definition) is 2. The second kappa shape index (κ2) is 6.68. The highest BCUT2D eigenvalue weighted by molar-refractivity contribution is 6.16. The molecular weight excluding hydrogens is 282 g/mol. The van der Waals surface area contributed by atoms with Crippen molar-refractivity contribution in [1.29, 1.82) is 0 Å². The minimum atomic E-state index is 0.471. The highest BCUT2D eigenvalue weighted by Crippen LogP contribution is 2.45. The molecule has 0 N–H and O–H groups in total. The lowest BCUT2D eigenvalue weighted by Gasteiger charge is -2.39. The quantitative estimate of drug-likeness (QED) is 0.752. The smallest absolute Gasteiger partial charge is 0.147 e. The molecule has 0 spiro atoms. The molecule has 3 nitrogen and oxygen atoms in total. The molecule has 21 heavy (non-hydrogen) atoms. The summed E-state index contributed by atoms with van der Waals surface area (Å²) in [6.07, 6.45) is 9.78. The summed E-state index contributed by atoms with van der Waals surface area (Å²) in [5.41, 5.74) is 0. The minimum absolute atomic E-state index is 0.471. The summed E-state index contributed by atoms with van der Waals surface area (Å²) in [5, 5.41) is 8.88. The van der Waals surface area contributed by atoms with Crippen LogP contribution in [-0.2, 0) is 12.4 Å². The summed E-state index contributed by atoms with van der Waals surface area (Å²) in [4.78, 5) is 0. The molecule has 3 atom stereocenters. The van der Waals surface area contributed by atoms with E-state index in [0.717, 1.165) is 24.2 Å². The van der Waals surface area contributed by atoms with E-state index in [4.69, 9.17) is 11.6 Å². The van der Waals surface area contributed by atoms with Gasteiger partial charge in [0.2, 0.25) is 0 Å². The van der Waals surface area contributed by atoms with Crippen molar-refractivity contribution in [1.82, 2.24) is 14.8 Å². The van der Waals surface area contributed by atoms with E-state index in [9.17, 15) is 0 Å². The third-order valence-corrected chi connectivity index (χ3v) is 5.67. The Balaban J connectivity index is 1.78. The molecule has 1 aromatic heterocycles. The van der Waals surface area contributed by atoms with Gasteiger partial charge in [-0.15, -0.1) is 21.8 Å². The zero-order valence-electron chi connectivity index (χ0n) is 13.4. The van der Waals surface area contributed by atoms with Gasteiger partial charge in [-0.05, 0) is 37.0 Å². The molecule has 0 amide bonds. The van der Waals surface area contributed by atoms with Gasteiger partial charge in [0.05, 0.1) is 5.88 Å². The van der Waals surface area contributed by atoms with Gasteiger partial charge in [-0.1, -0.05) is 39.5 Å². The van der Waals surface area contributed by atoms with E-state index in [1.165, 1.54) is 50.8 Å². The van der Waals surface area contributed by atoms with Crippen LogP contribution in [0.2, 0.25) is 0 Å². The Morgan fingerprint density at radius 2 is 1.86 bits per heavy atom. The Labute approximate surface area is 133 Å². The van der Waals surface area contributed by atoms with Crippen LogP contribution in [0.5, 0.6) is 0 Å². The lowest BCUT2D eigenvalue weighted by Crippen LogP contribution is -2.28. The van der Waals surface area contributed by atoms with Crippen LogP contribution in [0.1, 0.15) is 76.4 Å². The van der Waals surface area contributed by atoms with Crippen molar-refractivity contribution in [2.45, 2.75) is 77.1 Å². The first-order chi connectivity index (χ1) is 10.2. The maximum absolute atomic E-state index is 6.06. The molecule has 2 saturated carbocycles. The van der Waals surface area contributed by atoms with E-state index in [0.29, 0.717) is 17.7 Å². The highest BCUT2D eigenvalue weighted by atomic mass is 35.5. The van der Waals surface area contributed by atoms with Crippen LogP contribution >= 0.6 is 11.6 Å². The van der Waals surface area contributed by atoms with Crippen LogP contribution in [-0.4, -0.2) is 14.8 Å². The van der Waals surface area contributed by atoms with Crippen molar-refractivity contribution in [2.75, 3.05) is 0 Å². The summed E-state index contributed by atoms with van der Waals surface area (Å²) < 4.78 is 2.31. The first-order valence-electron chi connectivity index (χ1n) is 8.67. The van der Waals surface area contributed by atoms with Gasteiger partial charge in [-0.3, -0.25) is 0 Å². The lowest BCUT2D eigenvalue weighted by molar-refractivity contribution is 0.151. The molecule has 118 valence electrons.